The van der Waals surface area contributed by atoms with Gasteiger partial charge >= 0.3 is 0 Å². The van der Waals surface area contributed by atoms with Crippen LogP contribution in [-0.4, -0.2) is 25.0 Å². The molecule has 0 aromatic carbocycles. The fourth-order valence-electron chi connectivity index (χ4n) is 3.84. The molecule has 2 aliphatic rings. The van der Waals surface area contributed by atoms with Gasteiger partial charge in [0.15, 0.2) is 0 Å². The van der Waals surface area contributed by atoms with E-state index in [1.807, 2.05) is 0 Å². The largest absolute Gasteiger partial charge is 0.353 e. The van der Waals surface area contributed by atoms with Gasteiger partial charge in [-0.25, -0.2) is 0 Å². The average Bonchev–Trinajstić information content (AvgIpc) is 2.42. The molecule has 2 N–H and O–H groups in total. The van der Waals surface area contributed by atoms with Gasteiger partial charge in [-0.2, -0.15) is 0 Å². The van der Waals surface area contributed by atoms with E-state index in [-0.39, 0.29) is 11.3 Å². The predicted molar refractivity (Wildman–Crippen MR) is 83.6 cm³/mol. The van der Waals surface area contributed by atoms with E-state index in [2.05, 4.69) is 31.4 Å². The number of piperidine rings is 1. The third-order valence-corrected chi connectivity index (χ3v) is 5.49. The van der Waals surface area contributed by atoms with Crippen LogP contribution in [-0.2, 0) is 4.79 Å². The zero-order chi connectivity index (χ0) is 14.6. The van der Waals surface area contributed by atoms with E-state index in [9.17, 15) is 4.79 Å². The van der Waals surface area contributed by atoms with Crippen molar-refractivity contribution in [3.8, 4) is 0 Å². The van der Waals surface area contributed by atoms with Crippen molar-refractivity contribution in [2.24, 2.45) is 17.3 Å². The minimum absolute atomic E-state index is 0.267. The summed E-state index contributed by atoms with van der Waals surface area (Å²) in [5.74, 6) is 1.44. The molecule has 1 aliphatic carbocycles. The number of hydrogen-bond acceptors (Lipinski definition) is 2. The van der Waals surface area contributed by atoms with Gasteiger partial charge in [-0.05, 0) is 56.0 Å². The molecule has 0 bridgehead atoms. The Kier molecular flexibility index (Phi) is 5.48. The van der Waals surface area contributed by atoms with Crippen LogP contribution < -0.4 is 10.6 Å². The number of rotatable bonds is 4. The van der Waals surface area contributed by atoms with E-state index in [0.717, 1.165) is 19.5 Å². The lowest BCUT2D eigenvalue weighted by atomic mass is 9.73. The lowest BCUT2D eigenvalue weighted by molar-refractivity contribution is -0.124. The molecule has 3 nitrogen and oxygen atoms in total. The Balaban J connectivity index is 1.79. The first-order valence-corrected chi connectivity index (χ1v) is 8.49. The summed E-state index contributed by atoms with van der Waals surface area (Å²) >= 11 is 0. The number of carbonyl (C=O) groups excluding carboxylic acids is 1. The minimum atomic E-state index is 0.267. The van der Waals surface area contributed by atoms with Gasteiger partial charge in [0.25, 0.3) is 0 Å². The second-order valence-electron chi connectivity index (χ2n) is 7.64. The molecule has 2 fully saturated rings. The molecule has 0 spiro atoms. The molecule has 1 heterocycles. The first-order chi connectivity index (χ1) is 9.49. The maximum atomic E-state index is 12.3. The van der Waals surface area contributed by atoms with Crippen LogP contribution in [0.4, 0.5) is 0 Å². The summed E-state index contributed by atoms with van der Waals surface area (Å²) in [4.78, 5) is 12.3. The van der Waals surface area contributed by atoms with Gasteiger partial charge in [-0.1, -0.05) is 33.6 Å². The fourth-order valence-corrected chi connectivity index (χ4v) is 3.84. The summed E-state index contributed by atoms with van der Waals surface area (Å²) < 4.78 is 0. The zero-order valence-electron chi connectivity index (χ0n) is 13.5. The number of amides is 1. The van der Waals surface area contributed by atoms with Crippen molar-refractivity contribution >= 4 is 5.91 Å². The van der Waals surface area contributed by atoms with Gasteiger partial charge < -0.3 is 10.6 Å². The van der Waals surface area contributed by atoms with Crippen LogP contribution in [0.5, 0.6) is 0 Å². The molecular weight excluding hydrogens is 248 g/mol. The molecule has 1 amide bonds. The van der Waals surface area contributed by atoms with E-state index in [4.69, 9.17) is 0 Å². The second kappa shape index (κ2) is 6.93. The summed E-state index contributed by atoms with van der Waals surface area (Å²) in [6.45, 7) is 9.06. The van der Waals surface area contributed by atoms with Crippen LogP contribution in [0.15, 0.2) is 0 Å². The van der Waals surface area contributed by atoms with Crippen LogP contribution in [0, 0.1) is 17.3 Å². The van der Waals surface area contributed by atoms with Crippen molar-refractivity contribution in [2.75, 3.05) is 13.1 Å². The standard InChI is InChI=1S/C17H32N2O/c1-13(14-7-6-10-18-12-14)11-16(20)19-15-8-4-5-9-17(15,2)3/h13-15,18H,4-12H2,1-3H3,(H,19,20). The summed E-state index contributed by atoms with van der Waals surface area (Å²) in [6.07, 6.45) is 8.18. The zero-order valence-corrected chi connectivity index (χ0v) is 13.5. The molecular formula is C17H32N2O. The van der Waals surface area contributed by atoms with Gasteiger partial charge in [-0.15, -0.1) is 0 Å². The normalized spacial score (nSPS) is 31.6. The Morgan fingerprint density at radius 1 is 1.30 bits per heavy atom. The maximum Gasteiger partial charge on any atom is 0.220 e. The topological polar surface area (TPSA) is 41.1 Å². The van der Waals surface area contributed by atoms with Crippen LogP contribution in [0.25, 0.3) is 0 Å². The van der Waals surface area contributed by atoms with Crippen molar-refractivity contribution in [1.29, 1.82) is 0 Å². The van der Waals surface area contributed by atoms with E-state index >= 15 is 0 Å². The van der Waals surface area contributed by atoms with Crippen molar-refractivity contribution in [3.05, 3.63) is 0 Å². The number of hydrogen-bond donors (Lipinski definition) is 2. The van der Waals surface area contributed by atoms with Crippen LogP contribution in [0.2, 0.25) is 0 Å². The third kappa shape index (κ3) is 4.21. The van der Waals surface area contributed by atoms with Crippen LogP contribution in [0.1, 0.15) is 65.7 Å². The maximum absolute atomic E-state index is 12.3. The van der Waals surface area contributed by atoms with Crippen molar-refractivity contribution in [2.45, 2.75) is 71.8 Å². The van der Waals surface area contributed by atoms with E-state index in [1.165, 1.54) is 32.1 Å². The van der Waals surface area contributed by atoms with Gasteiger partial charge in [0, 0.05) is 12.5 Å². The van der Waals surface area contributed by atoms with E-state index < -0.39 is 0 Å². The fraction of sp³-hybridized carbons (Fsp3) is 0.941. The quantitative estimate of drug-likeness (QED) is 0.831. The van der Waals surface area contributed by atoms with E-state index in [1.54, 1.807) is 0 Å². The molecule has 2 rings (SSSR count). The molecule has 0 radical (unpaired) electrons. The molecule has 1 saturated heterocycles. The molecule has 1 aliphatic heterocycles. The van der Waals surface area contributed by atoms with Crippen molar-refractivity contribution in [1.82, 2.24) is 10.6 Å². The molecule has 3 unspecified atom stereocenters. The Morgan fingerprint density at radius 2 is 2.10 bits per heavy atom. The molecule has 1 saturated carbocycles. The molecule has 0 aromatic rings. The monoisotopic (exact) mass is 280 g/mol. The first-order valence-electron chi connectivity index (χ1n) is 8.49. The SMILES string of the molecule is CC(CC(=O)NC1CCCCC1(C)C)C1CCCNC1. The molecule has 3 heteroatoms. The Bertz CT molecular complexity index is 321. The third-order valence-electron chi connectivity index (χ3n) is 5.49. The summed E-state index contributed by atoms with van der Waals surface area (Å²) in [6, 6.07) is 0.375. The lowest BCUT2D eigenvalue weighted by Crippen LogP contribution is -2.47. The average molecular weight is 280 g/mol. The Labute approximate surface area is 124 Å². The predicted octanol–water partition coefficient (Wildman–Crippen LogP) is 3.10. The number of nitrogens with one attached hydrogen (secondary N) is 2. The van der Waals surface area contributed by atoms with Gasteiger partial charge in [0.1, 0.15) is 0 Å². The molecule has 0 aromatic heterocycles. The smallest absolute Gasteiger partial charge is 0.220 e. The minimum Gasteiger partial charge on any atom is -0.353 e. The highest BCUT2D eigenvalue weighted by atomic mass is 16.1. The molecule has 20 heavy (non-hydrogen) atoms. The van der Waals surface area contributed by atoms with Gasteiger partial charge in [0.05, 0.1) is 0 Å². The summed E-state index contributed by atoms with van der Waals surface area (Å²) in [5.41, 5.74) is 0.267. The summed E-state index contributed by atoms with van der Waals surface area (Å²) in [7, 11) is 0. The first kappa shape index (κ1) is 15.8. The Morgan fingerprint density at radius 3 is 2.75 bits per heavy atom. The molecule has 3 atom stereocenters. The molecule has 116 valence electrons. The Hall–Kier alpha value is -0.570. The van der Waals surface area contributed by atoms with Crippen LogP contribution in [0.3, 0.4) is 0 Å². The van der Waals surface area contributed by atoms with Crippen molar-refractivity contribution < 1.29 is 4.79 Å². The van der Waals surface area contributed by atoms with Crippen LogP contribution >= 0.6 is 0 Å². The van der Waals surface area contributed by atoms with Gasteiger partial charge in [-0.3, -0.25) is 4.79 Å². The summed E-state index contributed by atoms with van der Waals surface area (Å²) in [5, 5.41) is 6.77. The van der Waals surface area contributed by atoms with Gasteiger partial charge in [0.2, 0.25) is 5.91 Å². The second-order valence-corrected chi connectivity index (χ2v) is 7.64. The highest BCUT2D eigenvalue weighted by Crippen LogP contribution is 2.35. The van der Waals surface area contributed by atoms with Crippen molar-refractivity contribution in [3.63, 3.8) is 0 Å². The van der Waals surface area contributed by atoms with E-state index in [0.29, 0.717) is 24.3 Å². The lowest BCUT2D eigenvalue weighted by Gasteiger charge is -2.39. The highest BCUT2D eigenvalue weighted by Gasteiger charge is 2.33. The number of carbonyl (C=O) groups is 1. The highest BCUT2D eigenvalue weighted by molar-refractivity contribution is 5.76.